The van der Waals surface area contributed by atoms with Crippen molar-refractivity contribution in [1.82, 2.24) is 15.6 Å². The van der Waals surface area contributed by atoms with Crippen LogP contribution in [0.15, 0.2) is 18.3 Å². The maximum absolute atomic E-state index is 11.5. The van der Waals surface area contributed by atoms with Crippen molar-refractivity contribution in [3.8, 4) is 5.88 Å². The van der Waals surface area contributed by atoms with Crippen molar-refractivity contribution < 1.29 is 9.53 Å². The lowest BCUT2D eigenvalue weighted by atomic mass is 10.2. The number of hydrogen-bond donors (Lipinski definition) is 2. The molecule has 0 atom stereocenters. The third kappa shape index (κ3) is 5.14. The molecule has 0 aliphatic rings. The van der Waals surface area contributed by atoms with Crippen LogP contribution in [0.1, 0.15) is 26.3 Å². The number of pyridine rings is 1. The number of nitrogens with one attached hydrogen (secondary N) is 2. The number of nitrogens with zero attached hydrogens (tertiary/aromatic N) is 1. The van der Waals surface area contributed by atoms with Gasteiger partial charge in [-0.15, -0.1) is 0 Å². The van der Waals surface area contributed by atoms with Crippen molar-refractivity contribution in [2.45, 2.75) is 33.4 Å². The Morgan fingerprint density at radius 1 is 1.50 bits per heavy atom. The molecule has 1 heterocycles. The maximum atomic E-state index is 11.5. The first-order valence-corrected chi connectivity index (χ1v) is 6.21. The number of likely N-dealkylation sites (N-methyl/N-ethyl adjacent to an activating group) is 1. The lowest BCUT2D eigenvalue weighted by Gasteiger charge is -2.13. The zero-order valence-corrected chi connectivity index (χ0v) is 11.2. The Hall–Kier alpha value is -1.62. The van der Waals surface area contributed by atoms with Gasteiger partial charge in [0.05, 0.1) is 12.6 Å². The van der Waals surface area contributed by atoms with E-state index < -0.39 is 0 Å². The molecule has 1 aromatic rings. The minimum atomic E-state index is -0.0313. The second kappa shape index (κ2) is 7.66. The average molecular weight is 251 g/mol. The highest BCUT2D eigenvalue weighted by atomic mass is 16.5. The zero-order chi connectivity index (χ0) is 13.4. The van der Waals surface area contributed by atoms with E-state index in [4.69, 9.17) is 4.74 Å². The molecular weight excluding hydrogens is 230 g/mol. The van der Waals surface area contributed by atoms with Crippen molar-refractivity contribution in [1.29, 1.82) is 0 Å². The van der Waals surface area contributed by atoms with Crippen LogP contribution < -0.4 is 15.4 Å². The minimum Gasteiger partial charge on any atom is -0.475 e. The van der Waals surface area contributed by atoms with E-state index in [9.17, 15) is 4.79 Å². The summed E-state index contributed by atoms with van der Waals surface area (Å²) in [6.45, 7) is 7.40. The van der Waals surface area contributed by atoms with E-state index in [-0.39, 0.29) is 12.0 Å². The standard InChI is InChI=1S/C13H21N3O2/c1-4-14-9-12(17)16-8-11-6-5-7-15-13(11)18-10(2)3/h5-7,10,14H,4,8-9H2,1-3H3,(H,16,17). The van der Waals surface area contributed by atoms with E-state index in [0.29, 0.717) is 19.0 Å². The summed E-state index contributed by atoms with van der Waals surface area (Å²) in [5, 5.41) is 5.80. The first-order valence-electron chi connectivity index (χ1n) is 6.21. The van der Waals surface area contributed by atoms with Gasteiger partial charge in [-0.2, -0.15) is 0 Å². The molecule has 0 saturated carbocycles. The summed E-state index contributed by atoms with van der Waals surface area (Å²) in [5.74, 6) is 0.549. The third-order valence-electron chi connectivity index (χ3n) is 2.21. The molecule has 0 aliphatic heterocycles. The highest BCUT2D eigenvalue weighted by Crippen LogP contribution is 2.15. The van der Waals surface area contributed by atoms with E-state index >= 15 is 0 Å². The van der Waals surface area contributed by atoms with Gasteiger partial charge in [-0.25, -0.2) is 4.98 Å². The molecule has 18 heavy (non-hydrogen) atoms. The molecule has 2 N–H and O–H groups in total. The zero-order valence-electron chi connectivity index (χ0n) is 11.2. The molecule has 1 amide bonds. The Labute approximate surface area is 108 Å². The lowest BCUT2D eigenvalue weighted by Crippen LogP contribution is -2.33. The summed E-state index contributed by atoms with van der Waals surface area (Å²) >= 11 is 0. The summed E-state index contributed by atoms with van der Waals surface area (Å²) in [6, 6.07) is 3.73. The van der Waals surface area contributed by atoms with Gasteiger partial charge in [-0.3, -0.25) is 4.79 Å². The van der Waals surface area contributed by atoms with Gasteiger partial charge in [0.2, 0.25) is 11.8 Å². The SMILES string of the molecule is CCNCC(=O)NCc1cccnc1OC(C)C. The third-order valence-corrected chi connectivity index (χ3v) is 2.21. The maximum Gasteiger partial charge on any atom is 0.234 e. The number of carbonyl (C=O) groups excluding carboxylic acids is 1. The molecule has 0 saturated heterocycles. The molecule has 0 bridgehead atoms. The fourth-order valence-electron chi connectivity index (χ4n) is 1.38. The number of carbonyl (C=O) groups is 1. The van der Waals surface area contributed by atoms with Crippen LogP contribution in [0.25, 0.3) is 0 Å². The van der Waals surface area contributed by atoms with Crippen LogP contribution in [-0.2, 0) is 11.3 Å². The van der Waals surface area contributed by atoms with Crippen LogP contribution >= 0.6 is 0 Å². The van der Waals surface area contributed by atoms with Gasteiger partial charge >= 0.3 is 0 Å². The molecule has 0 spiro atoms. The van der Waals surface area contributed by atoms with Gasteiger partial charge in [0, 0.05) is 18.3 Å². The number of hydrogen-bond acceptors (Lipinski definition) is 4. The van der Waals surface area contributed by atoms with Gasteiger partial charge < -0.3 is 15.4 Å². The summed E-state index contributed by atoms with van der Waals surface area (Å²) in [7, 11) is 0. The Morgan fingerprint density at radius 3 is 2.94 bits per heavy atom. The number of rotatable bonds is 7. The fraction of sp³-hybridized carbons (Fsp3) is 0.538. The first-order chi connectivity index (χ1) is 8.63. The molecule has 0 aliphatic carbocycles. The van der Waals surface area contributed by atoms with Gasteiger partial charge in [0.25, 0.3) is 0 Å². The highest BCUT2D eigenvalue weighted by Gasteiger charge is 2.07. The average Bonchev–Trinajstić information content (AvgIpc) is 2.34. The van der Waals surface area contributed by atoms with Crippen LogP contribution in [0.4, 0.5) is 0 Å². The smallest absolute Gasteiger partial charge is 0.234 e. The van der Waals surface area contributed by atoms with Crippen LogP contribution in [0.5, 0.6) is 5.88 Å². The summed E-state index contributed by atoms with van der Waals surface area (Å²) in [6.07, 6.45) is 1.75. The second-order valence-electron chi connectivity index (χ2n) is 4.19. The molecular formula is C13H21N3O2. The van der Waals surface area contributed by atoms with Crippen LogP contribution in [0, 0.1) is 0 Å². The minimum absolute atomic E-state index is 0.0313. The number of ether oxygens (including phenoxy) is 1. The van der Waals surface area contributed by atoms with Gasteiger partial charge in [-0.05, 0) is 26.5 Å². The van der Waals surface area contributed by atoms with Crippen LogP contribution in [0.2, 0.25) is 0 Å². The summed E-state index contributed by atoms with van der Waals surface area (Å²) in [5.41, 5.74) is 0.885. The Morgan fingerprint density at radius 2 is 2.28 bits per heavy atom. The molecule has 1 rings (SSSR count). The molecule has 0 radical (unpaired) electrons. The lowest BCUT2D eigenvalue weighted by molar-refractivity contribution is -0.120. The van der Waals surface area contributed by atoms with Gasteiger partial charge in [0.1, 0.15) is 0 Å². The number of aromatic nitrogens is 1. The topological polar surface area (TPSA) is 63.2 Å². The molecule has 0 fully saturated rings. The molecule has 1 aromatic heterocycles. The largest absolute Gasteiger partial charge is 0.475 e. The van der Waals surface area contributed by atoms with Gasteiger partial charge in [-0.1, -0.05) is 13.0 Å². The molecule has 0 unspecified atom stereocenters. The summed E-state index contributed by atoms with van der Waals surface area (Å²) in [4.78, 5) is 15.6. The van der Waals surface area contributed by atoms with Gasteiger partial charge in [0.15, 0.2) is 0 Å². The number of amides is 1. The quantitative estimate of drug-likeness (QED) is 0.761. The normalized spacial score (nSPS) is 10.4. The van der Waals surface area contributed by atoms with E-state index in [0.717, 1.165) is 12.1 Å². The highest BCUT2D eigenvalue weighted by molar-refractivity contribution is 5.78. The Balaban J connectivity index is 2.53. The molecule has 100 valence electrons. The molecule has 0 aromatic carbocycles. The van der Waals surface area contributed by atoms with E-state index in [1.54, 1.807) is 6.20 Å². The predicted molar refractivity (Wildman–Crippen MR) is 70.4 cm³/mol. The monoisotopic (exact) mass is 251 g/mol. The van der Waals surface area contributed by atoms with Crippen LogP contribution in [0.3, 0.4) is 0 Å². The first kappa shape index (κ1) is 14.4. The van der Waals surface area contributed by atoms with E-state index in [2.05, 4.69) is 15.6 Å². The second-order valence-corrected chi connectivity index (χ2v) is 4.19. The van der Waals surface area contributed by atoms with E-state index in [1.807, 2.05) is 32.9 Å². The van der Waals surface area contributed by atoms with Crippen molar-refractivity contribution >= 4 is 5.91 Å². The van der Waals surface area contributed by atoms with Crippen LogP contribution in [-0.4, -0.2) is 30.1 Å². The summed E-state index contributed by atoms with van der Waals surface area (Å²) < 4.78 is 5.58. The molecule has 5 nitrogen and oxygen atoms in total. The Bertz CT molecular complexity index is 380. The van der Waals surface area contributed by atoms with Crippen molar-refractivity contribution in [3.05, 3.63) is 23.9 Å². The molecule has 5 heteroatoms. The van der Waals surface area contributed by atoms with Crippen molar-refractivity contribution in [2.24, 2.45) is 0 Å². The predicted octanol–water partition coefficient (Wildman–Crippen LogP) is 1.09. The van der Waals surface area contributed by atoms with E-state index in [1.165, 1.54) is 0 Å². The Kier molecular flexibility index (Phi) is 6.14. The van der Waals surface area contributed by atoms with Crippen molar-refractivity contribution in [2.75, 3.05) is 13.1 Å². The fourth-order valence-corrected chi connectivity index (χ4v) is 1.38. The van der Waals surface area contributed by atoms with Crippen molar-refractivity contribution in [3.63, 3.8) is 0 Å².